The van der Waals surface area contributed by atoms with Crippen LogP contribution in [0.5, 0.6) is 0 Å². The Labute approximate surface area is 133 Å². The summed E-state index contributed by atoms with van der Waals surface area (Å²) in [5.74, 6) is 1.27. The molecule has 1 N–H and O–H groups in total. The van der Waals surface area contributed by atoms with Gasteiger partial charge in [0, 0.05) is 25.9 Å². The predicted octanol–water partition coefficient (Wildman–Crippen LogP) is 1.94. The van der Waals surface area contributed by atoms with Gasteiger partial charge in [0.2, 0.25) is 17.6 Å². The van der Waals surface area contributed by atoms with Gasteiger partial charge in [0.15, 0.2) is 0 Å². The average molecular weight is 320 g/mol. The summed E-state index contributed by atoms with van der Waals surface area (Å²) in [6, 6.07) is 4.25. The predicted molar refractivity (Wildman–Crippen MR) is 84.6 cm³/mol. The van der Waals surface area contributed by atoms with Crippen LogP contribution in [0.3, 0.4) is 0 Å². The molecule has 22 heavy (non-hydrogen) atoms. The van der Waals surface area contributed by atoms with Gasteiger partial charge < -0.3 is 14.7 Å². The van der Waals surface area contributed by atoms with E-state index in [4.69, 9.17) is 4.52 Å². The minimum atomic E-state index is 0.141. The number of rotatable bonds is 5. The minimum absolute atomic E-state index is 0.141. The van der Waals surface area contributed by atoms with Gasteiger partial charge in [0.25, 0.3) is 0 Å². The number of carbonyl (C=O) groups is 1. The van der Waals surface area contributed by atoms with Gasteiger partial charge in [-0.25, -0.2) is 0 Å². The van der Waals surface area contributed by atoms with Crippen molar-refractivity contribution in [2.45, 2.75) is 31.7 Å². The molecule has 118 valence electrons. The lowest BCUT2D eigenvalue weighted by Gasteiger charge is -2.31. The Hall–Kier alpha value is -1.73. The zero-order valence-corrected chi connectivity index (χ0v) is 13.4. The number of hydrogen-bond acceptors (Lipinski definition) is 6. The summed E-state index contributed by atoms with van der Waals surface area (Å²) in [5, 5.41) is 9.25. The van der Waals surface area contributed by atoms with Crippen LogP contribution < -0.4 is 5.32 Å². The van der Waals surface area contributed by atoms with E-state index in [0.717, 1.165) is 30.8 Å². The van der Waals surface area contributed by atoms with Crippen molar-refractivity contribution in [1.82, 2.24) is 20.4 Å². The van der Waals surface area contributed by atoms with Gasteiger partial charge in [-0.1, -0.05) is 11.2 Å². The van der Waals surface area contributed by atoms with E-state index >= 15 is 0 Å². The number of carbonyl (C=O) groups excluding carboxylic acids is 1. The Balaban J connectivity index is 1.52. The highest BCUT2D eigenvalue weighted by Crippen LogP contribution is 2.21. The molecule has 0 unspecified atom stereocenters. The van der Waals surface area contributed by atoms with Gasteiger partial charge >= 0.3 is 0 Å². The first-order valence-corrected chi connectivity index (χ1v) is 8.45. The Kier molecular flexibility index (Phi) is 4.84. The van der Waals surface area contributed by atoms with E-state index in [0.29, 0.717) is 30.6 Å². The van der Waals surface area contributed by atoms with Crippen LogP contribution in [0.4, 0.5) is 0 Å². The first-order chi connectivity index (χ1) is 10.7. The van der Waals surface area contributed by atoms with E-state index in [1.54, 1.807) is 11.3 Å². The number of piperidine rings is 1. The van der Waals surface area contributed by atoms with Gasteiger partial charge in [-0.15, -0.1) is 11.3 Å². The molecule has 0 spiro atoms. The number of thiophene rings is 1. The lowest BCUT2D eigenvalue weighted by molar-refractivity contribution is -0.132. The normalized spacial score (nSPS) is 15.9. The van der Waals surface area contributed by atoms with Crippen molar-refractivity contribution >= 4 is 17.2 Å². The number of amides is 1. The molecular formula is C15H20N4O2S. The molecule has 0 atom stereocenters. The Bertz CT molecular complexity index is 605. The number of nitrogens with zero attached hydrogens (tertiary/aromatic N) is 3. The van der Waals surface area contributed by atoms with Gasteiger partial charge in [-0.2, -0.15) is 4.98 Å². The molecule has 0 bridgehead atoms. The fourth-order valence-electron chi connectivity index (χ4n) is 2.65. The van der Waals surface area contributed by atoms with Crippen LogP contribution in [0.25, 0.3) is 10.7 Å². The molecule has 0 saturated carbocycles. The van der Waals surface area contributed by atoms with E-state index in [9.17, 15) is 4.79 Å². The summed E-state index contributed by atoms with van der Waals surface area (Å²) in [6.07, 6.45) is 2.94. The Morgan fingerprint density at radius 1 is 1.50 bits per heavy atom. The maximum Gasteiger partial charge on any atom is 0.227 e. The van der Waals surface area contributed by atoms with Gasteiger partial charge in [0.05, 0.1) is 4.88 Å². The second kappa shape index (κ2) is 7.02. The summed E-state index contributed by atoms with van der Waals surface area (Å²) < 4.78 is 5.23. The quantitative estimate of drug-likeness (QED) is 0.911. The molecule has 6 nitrogen and oxygen atoms in total. The molecule has 0 radical (unpaired) electrons. The molecule has 7 heteroatoms. The van der Waals surface area contributed by atoms with Crippen molar-refractivity contribution in [2.75, 3.05) is 20.1 Å². The van der Waals surface area contributed by atoms with Crippen molar-refractivity contribution < 1.29 is 9.32 Å². The van der Waals surface area contributed by atoms with Crippen molar-refractivity contribution in [3.05, 3.63) is 23.4 Å². The van der Waals surface area contributed by atoms with Crippen LogP contribution in [0.2, 0.25) is 0 Å². The van der Waals surface area contributed by atoms with Gasteiger partial charge in [-0.3, -0.25) is 4.79 Å². The molecule has 1 fully saturated rings. The third kappa shape index (κ3) is 3.53. The van der Waals surface area contributed by atoms with Crippen molar-refractivity contribution in [1.29, 1.82) is 0 Å². The third-order valence-corrected chi connectivity index (χ3v) is 4.88. The Morgan fingerprint density at radius 3 is 3.05 bits per heavy atom. The summed E-state index contributed by atoms with van der Waals surface area (Å²) in [6.45, 7) is 1.96. The number of aromatic nitrogens is 2. The zero-order chi connectivity index (χ0) is 15.4. The van der Waals surface area contributed by atoms with Crippen LogP contribution in [-0.2, 0) is 11.2 Å². The van der Waals surface area contributed by atoms with E-state index in [-0.39, 0.29) is 5.91 Å². The van der Waals surface area contributed by atoms with Crippen LogP contribution in [0, 0.1) is 0 Å². The summed E-state index contributed by atoms with van der Waals surface area (Å²) in [4.78, 5) is 19.5. The SMILES string of the molecule is CN(C(=O)CCc1nc(-c2cccs2)no1)C1CCNCC1. The molecule has 0 aromatic carbocycles. The molecule has 0 aliphatic carbocycles. The minimum Gasteiger partial charge on any atom is -0.343 e. The highest BCUT2D eigenvalue weighted by molar-refractivity contribution is 7.13. The summed E-state index contributed by atoms with van der Waals surface area (Å²) in [7, 11) is 1.89. The summed E-state index contributed by atoms with van der Waals surface area (Å²) >= 11 is 1.57. The lowest BCUT2D eigenvalue weighted by Crippen LogP contribution is -2.44. The fourth-order valence-corrected chi connectivity index (χ4v) is 3.30. The standard InChI is InChI=1S/C15H20N4O2S/c1-19(11-6-8-16-9-7-11)14(20)5-4-13-17-15(18-21-13)12-3-2-10-22-12/h2-3,10-11,16H,4-9H2,1H3. The van der Waals surface area contributed by atoms with Crippen molar-refractivity contribution in [3.63, 3.8) is 0 Å². The highest BCUT2D eigenvalue weighted by Gasteiger charge is 2.22. The smallest absolute Gasteiger partial charge is 0.227 e. The van der Waals surface area contributed by atoms with Crippen molar-refractivity contribution in [3.8, 4) is 10.7 Å². The van der Waals surface area contributed by atoms with E-state index in [2.05, 4.69) is 15.5 Å². The second-order valence-corrected chi connectivity index (χ2v) is 6.42. The second-order valence-electron chi connectivity index (χ2n) is 5.47. The first-order valence-electron chi connectivity index (χ1n) is 7.57. The molecule has 1 saturated heterocycles. The molecular weight excluding hydrogens is 300 g/mol. The fraction of sp³-hybridized carbons (Fsp3) is 0.533. The number of hydrogen-bond donors (Lipinski definition) is 1. The van der Waals surface area contributed by atoms with Crippen LogP contribution >= 0.6 is 11.3 Å². The zero-order valence-electron chi connectivity index (χ0n) is 12.6. The molecule has 2 aromatic rings. The molecule has 1 aliphatic heterocycles. The highest BCUT2D eigenvalue weighted by atomic mass is 32.1. The van der Waals surface area contributed by atoms with Crippen LogP contribution in [0.15, 0.2) is 22.0 Å². The maximum atomic E-state index is 12.3. The maximum absolute atomic E-state index is 12.3. The van der Waals surface area contributed by atoms with E-state index < -0.39 is 0 Å². The molecule has 1 amide bonds. The lowest BCUT2D eigenvalue weighted by atomic mass is 10.0. The largest absolute Gasteiger partial charge is 0.343 e. The number of nitrogens with one attached hydrogen (secondary N) is 1. The monoisotopic (exact) mass is 320 g/mol. The molecule has 2 aromatic heterocycles. The van der Waals surface area contributed by atoms with Crippen molar-refractivity contribution in [2.24, 2.45) is 0 Å². The number of aryl methyl sites for hydroxylation is 1. The van der Waals surface area contributed by atoms with E-state index in [1.165, 1.54) is 0 Å². The first kappa shape index (κ1) is 15.2. The van der Waals surface area contributed by atoms with Gasteiger partial charge in [0.1, 0.15) is 0 Å². The molecule has 3 rings (SSSR count). The molecule has 3 heterocycles. The molecule has 1 aliphatic rings. The average Bonchev–Trinajstić information content (AvgIpc) is 3.23. The topological polar surface area (TPSA) is 71.3 Å². The van der Waals surface area contributed by atoms with Crippen LogP contribution in [0.1, 0.15) is 25.2 Å². The summed E-state index contributed by atoms with van der Waals surface area (Å²) in [5.41, 5.74) is 0. The Morgan fingerprint density at radius 2 is 2.32 bits per heavy atom. The van der Waals surface area contributed by atoms with Gasteiger partial charge in [-0.05, 0) is 37.4 Å². The van der Waals surface area contributed by atoms with Crippen LogP contribution in [-0.4, -0.2) is 47.1 Å². The third-order valence-electron chi connectivity index (χ3n) is 4.01. The van der Waals surface area contributed by atoms with E-state index in [1.807, 2.05) is 29.5 Å².